The van der Waals surface area contributed by atoms with Gasteiger partial charge in [-0.1, -0.05) is 0 Å². The van der Waals surface area contributed by atoms with Gasteiger partial charge in [0.05, 0.1) is 53.0 Å². The van der Waals surface area contributed by atoms with E-state index in [1.54, 1.807) is 51.7 Å². The van der Waals surface area contributed by atoms with Crippen molar-refractivity contribution in [1.29, 1.82) is 0 Å². The largest absolute Gasteiger partial charge is 0.496 e. The molecule has 1 amide bonds. The van der Waals surface area contributed by atoms with Crippen LogP contribution in [-0.4, -0.2) is 57.9 Å². The highest BCUT2D eigenvalue weighted by atomic mass is 16.5. The van der Waals surface area contributed by atoms with Crippen LogP contribution in [0.4, 0.5) is 0 Å². The van der Waals surface area contributed by atoms with E-state index in [9.17, 15) is 4.79 Å². The third-order valence-corrected chi connectivity index (χ3v) is 4.61. The molecule has 2 aromatic carbocycles. The van der Waals surface area contributed by atoms with Gasteiger partial charge in [-0.15, -0.1) is 0 Å². The van der Waals surface area contributed by atoms with E-state index < -0.39 is 5.91 Å². The van der Waals surface area contributed by atoms with E-state index in [1.165, 1.54) is 20.4 Å². The van der Waals surface area contributed by atoms with Crippen LogP contribution in [0.3, 0.4) is 0 Å². The maximum Gasteiger partial charge on any atom is 0.289 e. The second-order valence-electron chi connectivity index (χ2n) is 6.38. The fraction of sp³-hybridized carbons (Fsp3) is 0.227. The first-order chi connectivity index (χ1) is 15.5. The van der Waals surface area contributed by atoms with Crippen molar-refractivity contribution in [3.63, 3.8) is 0 Å². The lowest BCUT2D eigenvalue weighted by molar-refractivity contribution is 0.0950. The Morgan fingerprint density at radius 2 is 1.53 bits per heavy atom. The van der Waals surface area contributed by atoms with E-state index in [0.717, 1.165) is 5.56 Å². The number of aromatic nitrogens is 2. The van der Waals surface area contributed by atoms with E-state index in [2.05, 4.69) is 20.7 Å². The molecule has 3 aromatic rings. The predicted molar refractivity (Wildman–Crippen MR) is 118 cm³/mol. The Balaban J connectivity index is 1.76. The fourth-order valence-electron chi connectivity index (χ4n) is 2.96. The topological polar surface area (TPSA) is 116 Å². The van der Waals surface area contributed by atoms with Gasteiger partial charge in [-0.05, 0) is 24.3 Å². The summed E-state index contributed by atoms with van der Waals surface area (Å²) in [5, 5.41) is 10.9. The average molecular weight is 440 g/mol. The molecule has 0 fully saturated rings. The van der Waals surface area contributed by atoms with Gasteiger partial charge in [0.1, 0.15) is 22.9 Å². The highest BCUT2D eigenvalue weighted by Crippen LogP contribution is 2.33. The Kier molecular flexibility index (Phi) is 7.17. The number of aromatic amines is 1. The minimum absolute atomic E-state index is 0.237. The molecule has 0 aliphatic carbocycles. The number of carbonyl (C=O) groups excluding carboxylic acids is 1. The number of hydrogen-bond donors (Lipinski definition) is 2. The maximum atomic E-state index is 12.5. The van der Waals surface area contributed by atoms with Crippen molar-refractivity contribution < 1.29 is 28.5 Å². The molecule has 0 radical (unpaired) electrons. The number of ether oxygens (including phenoxy) is 5. The molecule has 10 heteroatoms. The Hall–Kier alpha value is -4.21. The standard InChI is InChI=1S/C22H24N4O6/c1-28-14-9-19(30-3)15(20(10-14)31-4)12-23-26-22(27)17-11-16(24-25-17)13-6-7-18(29-2)21(8-13)32-5/h6-12H,1-5H3,(H,24,25)(H,26,27)/b23-12-. The lowest BCUT2D eigenvalue weighted by Gasteiger charge is -2.12. The first-order valence-electron chi connectivity index (χ1n) is 9.45. The average Bonchev–Trinajstić information content (AvgIpc) is 3.33. The second-order valence-corrected chi connectivity index (χ2v) is 6.38. The number of hydrogen-bond acceptors (Lipinski definition) is 8. The predicted octanol–water partition coefficient (Wildman–Crippen LogP) is 2.88. The highest BCUT2D eigenvalue weighted by molar-refractivity contribution is 5.95. The van der Waals surface area contributed by atoms with Crippen LogP contribution >= 0.6 is 0 Å². The normalized spacial score (nSPS) is 10.7. The number of hydrazone groups is 1. The van der Waals surface area contributed by atoms with E-state index in [0.29, 0.717) is 40.0 Å². The van der Waals surface area contributed by atoms with Crippen molar-refractivity contribution in [3.8, 4) is 40.0 Å². The Morgan fingerprint density at radius 3 is 2.12 bits per heavy atom. The van der Waals surface area contributed by atoms with Crippen molar-refractivity contribution >= 4 is 12.1 Å². The van der Waals surface area contributed by atoms with Gasteiger partial charge in [0.2, 0.25) is 0 Å². The van der Waals surface area contributed by atoms with Crippen LogP contribution in [0.5, 0.6) is 28.7 Å². The van der Waals surface area contributed by atoms with E-state index in [4.69, 9.17) is 23.7 Å². The fourth-order valence-corrected chi connectivity index (χ4v) is 2.96. The van der Waals surface area contributed by atoms with Crippen molar-refractivity contribution in [2.24, 2.45) is 5.10 Å². The Labute approximate surface area is 185 Å². The number of amides is 1. The number of H-pyrrole nitrogens is 1. The van der Waals surface area contributed by atoms with E-state index >= 15 is 0 Å². The molecule has 0 aliphatic rings. The summed E-state index contributed by atoms with van der Waals surface area (Å²) in [6.45, 7) is 0. The first kappa shape index (κ1) is 22.5. The van der Waals surface area contributed by atoms with Crippen molar-refractivity contribution in [2.45, 2.75) is 0 Å². The summed E-state index contributed by atoms with van der Waals surface area (Å²) in [5.74, 6) is 2.23. The molecule has 10 nitrogen and oxygen atoms in total. The number of benzene rings is 2. The van der Waals surface area contributed by atoms with Crippen molar-refractivity contribution in [1.82, 2.24) is 15.6 Å². The van der Waals surface area contributed by atoms with Crippen LogP contribution in [-0.2, 0) is 0 Å². The third kappa shape index (κ3) is 4.75. The molecule has 0 atom stereocenters. The molecule has 32 heavy (non-hydrogen) atoms. The Bertz CT molecular complexity index is 1100. The molecule has 2 N–H and O–H groups in total. The van der Waals surface area contributed by atoms with Crippen LogP contribution in [0, 0.1) is 0 Å². The summed E-state index contributed by atoms with van der Waals surface area (Å²) < 4.78 is 26.5. The molecular formula is C22H24N4O6. The van der Waals surface area contributed by atoms with Crippen LogP contribution < -0.4 is 29.1 Å². The number of rotatable bonds is 9. The molecule has 168 valence electrons. The summed E-state index contributed by atoms with van der Waals surface area (Å²) in [6, 6.07) is 10.4. The van der Waals surface area contributed by atoms with Gasteiger partial charge in [0, 0.05) is 17.7 Å². The van der Waals surface area contributed by atoms with Gasteiger partial charge in [0.15, 0.2) is 11.5 Å². The smallest absolute Gasteiger partial charge is 0.289 e. The monoisotopic (exact) mass is 440 g/mol. The van der Waals surface area contributed by atoms with Crippen LogP contribution in [0.2, 0.25) is 0 Å². The third-order valence-electron chi connectivity index (χ3n) is 4.61. The van der Waals surface area contributed by atoms with Gasteiger partial charge in [-0.25, -0.2) is 5.43 Å². The van der Waals surface area contributed by atoms with Gasteiger partial charge in [-0.2, -0.15) is 10.2 Å². The van der Waals surface area contributed by atoms with Gasteiger partial charge in [-0.3, -0.25) is 9.89 Å². The van der Waals surface area contributed by atoms with Gasteiger partial charge in [0.25, 0.3) is 5.91 Å². The molecule has 0 saturated heterocycles. The molecule has 0 unspecified atom stereocenters. The molecule has 1 heterocycles. The minimum atomic E-state index is -0.466. The zero-order valence-corrected chi connectivity index (χ0v) is 18.4. The Morgan fingerprint density at radius 1 is 0.875 bits per heavy atom. The van der Waals surface area contributed by atoms with E-state index in [1.807, 2.05) is 6.07 Å². The highest BCUT2D eigenvalue weighted by Gasteiger charge is 2.14. The van der Waals surface area contributed by atoms with E-state index in [-0.39, 0.29) is 5.69 Å². The van der Waals surface area contributed by atoms with Crippen LogP contribution in [0.1, 0.15) is 16.1 Å². The SMILES string of the molecule is COc1cc(OC)c(/C=N\NC(=O)c2cc(-c3ccc(OC)c(OC)c3)n[nH]2)c(OC)c1. The lowest BCUT2D eigenvalue weighted by atomic mass is 10.1. The van der Waals surface area contributed by atoms with Crippen LogP contribution in [0.15, 0.2) is 41.5 Å². The zero-order chi connectivity index (χ0) is 23.1. The van der Waals surface area contributed by atoms with Crippen LogP contribution in [0.25, 0.3) is 11.3 Å². The minimum Gasteiger partial charge on any atom is -0.496 e. The summed E-state index contributed by atoms with van der Waals surface area (Å²) >= 11 is 0. The number of methoxy groups -OCH3 is 5. The molecule has 0 bridgehead atoms. The number of nitrogens with one attached hydrogen (secondary N) is 2. The molecule has 0 saturated carbocycles. The number of carbonyl (C=O) groups is 1. The number of nitrogens with zero attached hydrogens (tertiary/aromatic N) is 2. The summed E-state index contributed by atoms with van der Waals surface area (Å²) in [5.41, 5.74) is 4.57. The van der Waals surface area contributed by atoms with Gasteiger partial charge >= 0.3 is 0 Å². The first-order valence-corrected chi connectivity index (χ1v) is 9.45. The second kappa shape index (κ2) is 10.2. The summed E-state index contributed by atoms with van der Waals surface area (Å²) in [6.07, 6.45) is 1.43. The summed E-state index contributed by atoms with van der Waals surface area (Å²) in [4.78, 5) is 12.5. The summed E-state index contributed by atoms with van der Waals surface area (Å²) in [7, 11) is 7.69. The van der Waals surface area contributed by atoms with Gasteiger partial charge < -0.3 is 23.7 Å². The molecule has 3 rings (SSSR count). The quantitative estimate of drug-likeness (QED) is 0.388. The molecule has 0 spiro atoms. The zero-order valence-electron chi connectivity index (χ0n) is 18.4. The molecule has 1 aromatic heterocycles. The lowest BCUT2D eigenvalue weighted by Crippen LogP contribution is -2.18. The molecular weight excluding hydrogens is 416 g/mol. The van der Waals surface area contributed by atoms with Crippen molar-refractivity contribution in [2.75, 3.05) is 35.5 Å². The molecule has 0 aliphatic heterocycles. The maximum absolute atomic E-state index is 12.5. The van der Waals surface area contributed by atoms with Crippen molar-refractivity contribution in [3.05, 3.63) is 47.7 Å².